The summed E-state index contributed by atoms with van der Waals surface area (Å²) in [6.45, 7) is 0.797. The van der Waals surface area contributed by atoms with Gasteiger partial charge in [0.25, 0.3) is 0 Å². The van der Waals surface area contributed by atoms with Crippen LogP contribution in [0.25, 0.3) is 0 Å². The summed E-state index contributed by atoms with van der Waals surface area (Å²) in [6.07, 6.45) is 6.76. The molecule has 5 heteroatoms. The van der Waals surface area contributed by atoms with Crippen LogP contribution in [0.4, 0.5) is 0 Å². The van der Waals surface area contributed by atoms with Gasteiger partial charge in [-0.05, 0) is 43.0 Å². The first-order valence-electron chi connectivity index (χ1n) is 8.63. The molecule has 1 aromatic heterocycles. The number of amides is 1. The Balaban J connectivity index is 1.73. The fraction of sp³-hybridized carbons (Fsp3) is 0.400. The van der Waals surface area contributed by atoms with Gasteiger partial charge in [0.2, 0.25) is 5.91 Å². The van der Waals surface area contributed by atoms with Crippen molar-refractivity contribution < 1.29 is 14.3 Å². The van der Waals surface area contributed by atoms with E-state index in [0.717, 1.165) is 48.4 Å². The fourth-order valence-electron chi connectivity index (χ4n) is 3.42. The van der Waals surface area contributed by atoms with Gasteiger partial charge in [0, 0.05) is 37.0 Å². The number of aromatic nitrogens is 1. The average Bonchev–Trinajstić information content (AvgIpc) is 3.16. The third-order valence-electron chi connectivity index (χ3n) is 4.72. The number of benzene rings is 1. The lowest BCUT2D eigenvalue weighted by atomic mass is 10.0. The van der Waals surface area contributed by atoms with Crippen LogP contribution in [0.15, 0.2) is 42.7 Å². The molecule has 1 fully saturated rings. The van der Waals surface area contributed by atoms with E-state index < -0.39 is 0 Å². The van der Waals surface area contributed by atoms with Crippen molar-refractivity contribution in [3.8, 4) is 11.5 Å². The molecule has 1 saturated heterocycles. The Morgan fingerprint density at radius 3 is 2.88 bits per heavy atom. The van der Waals surface area contributed by atoms with E-state index in [2.05, 4.69) is 4.98 Å². The monoisotopic (exact) mass is 340 g/mol. The number of likely N-dealkylation sites (tertiary alicyclic amines) is 1. The zero-order valence-electron chi connectivity index (χ0n) is 14.8. The van der Waals surface area contributed by atoms with Crippen LogP contribution in [0.2, 0.25) is 0 Å². The van der Waals surface area contributed by atoms with Gasteiger partial charge in [-0.2, -0.15) is 0 Å². The molecule has 0 aliphatic carbocycles. The molecule has 0 saturated carbocycles. The second kappa shape index (κ2) is 8.01. The zero-order valence-corrected chi connectivity index (χ0v) is 14.8. The van der Waals surface area contributed by atoms with Crippen LogP contribution < -0.4 is 9.47 Å². The molecule has 1 aliphatic rings. The van der Waals surface area contributed by atoms with Gasteiger partial charge in [-0.25, -0.2) is 0 Å². The maximum atomic E-state index is 12.8. The summed E-state index contributed by atoms with van der Waals surface area (Å²) in [6, 6.07) is 9.80. The van der Waals surface area contributed by atoms with E-state index in [1.165, 1.54) is 0 Å². The number of nitrogens with zero attached hydrogens (tertiary/aromatic N) is 2. The molecule has 1 atom stereocenters. The Labute approximate surface area is 148 Å². The van der Waals surface area contributed by atoms with Crippen molar-refractivity contribution in [1.82, 2.24) is 9.88 Å². The molecule has 0 spiro atoms. The van der Waals surface area contributed by atoms with Crippen LogP contribution in [-0.2, 0) is 11.2 Å². The molecule has 2 aromatic rings. The number of hydrogen-bond acceptors (Lipinski definition) is 4. The molecule has 2 heterocycles. The first kappa shape index (κ1) is 17.3. The Kier molecular flexibility index (Phi) is 5.53. The Morgan fingerprint density at radius 2 is 2.16 bits per heavy atom. The Hall–Kier alpha value is -2.56. The predicted molar refractivity (Wildman–Crippen MR) is 95.8 cm³/mol. The van der Waals surface area contributed by atoms with Crippen LogP contribution in [0.1, 0.15) is 36.4 Å². The summed E-state index contributed by atoms with van der Waals surface area (Å²) < 4.78 is 10.8. The Morgan fingerprint density at radius 1 is 1.28 bits per heavy atom. The maximum absolute atomic E-state index is 12.8. The van der Waals surface area contributed by atoms with Crippen molar-refractivity contribution in [2.45, 2.75) is 31.7 Å². The highest BCUT2D eigenvalue weighted by atomic mass is 16.5. The average molecular weight is 340 g/mol. The van der Waals surface area contributed by atoms with Crippen molar-refractivity contribution in [3.05, 3.63) is 53.9 Å². The Bertz CT molecular complexity index is 718. The molecule has 0 bridgehead atoms. The molecule has 132 valence electrons. The van der Waals surface area contributed by atoms with Crippen LogP contribution in [0, 0.1) is 0 Å². The van der Waals surface area contributed by atoms with Gasteiger partial charge in [-0.3, -0.25) is 9.78 Å². The molecule has 25 heavy (non-hydrogen) atoms. The summed E-state index contributed by atoms with van der Waals surface area (Å²) in [5.41, 5.74) is 2.14. The molecule has 3 rings (SSSR count). The van der Waals surface area contributed by atoms with Gasteiger partial charge in [0.05, 0.1) is 20.3 Å². The SMILES string of the molecule is COc1ccc(C2CCCN2C(=O)CCc2cccnc2)c(OC)c1. The number of hydrogen-bond donors (Lipinski definition) is 0. The van der Waals surface area contributed by atoms with Crippen molar-refractivity contribution in [3.63, 3.8) is 0 Å². The molecule has 1 unspecified atom stereocenters. The van der Waals surface area contributed by atoms with Gasteiger partial charge in [0.1, 0.15) is 11.5 Å². The lowest BCUT2D eigenvalue weighted by Gasteiger charge is -2.26. The van der Waals surface area contributed by atoms with Gasteiger partial charge >= 0.3 is 0 Å². The summed E-state index contributed by atoms with van der Waals surface area (Å²) in [7, 11) is 3.29. The van der Waals surface area contributed by atoms with Crippen LogP contribution in [0.3, 0.4) is 0 Å². The van der Waals surface area contributed by atoms with Gasteiger partial charge in [-0.15, -0.1) is 0 Å². The zero-order chi connectivity index (χ0) is 17.6. The minimum atomic E-state index is 0.0715. The molecule has 0 radical (unpaired) electrons. The fourth-order valence-corrected chi connectivity index (χ4v) is 3.42. The normalized spacial score (nSPS) is 16.7. The topological polar surface area (TPSA) is 51.7 Å². The first-order chi connectivity index (χ1) is 12.2. The van der Waals surface area contributed by atoms with E-state index in [0.29, 0.717) is 6.42 Å². The highest BCUT2D eigenvalue weighted by Crippen LogP contribution is 2.39. The van der Waals surface area contributed by atoms with Crippen LogP contribution in [-0.4, -0.2) is 36.6 Å². The first-order valence-corrected chi connectivity index (χ1v) is 8.63. The number of ether oxygens (including phenoxy) is 2. The van der Waals surface area contributed by atoms with E-state index in [1.807, 2.05) is 41.4 Å². The number of pyridine rings is 1. The second-order valence-electron chi connectivity index (χ2n) is 6.21. The maximum Gasteiger partial charge on any atom is 0.223 e. The lowest BCUT2D eigenvalue weighted by molar-refractivity contribution is -0.132. The highest BCUT2D eigenvalue weighted by Gasteiger charge is 2.31. The van der Waals surface area contributed by atoms with E-state index in [4.69, 9.17) is 9.47 Å². The summed E-state index contributed by atoms with van der Waals surface area (Å²) in [4.78, 5) is 18.9. The largest absolute Gasteiger partial charge is 0.497 e. The van der Waals surface area contributed by atoms with E-state index in [-0.39, 0.29) is 11.9 Å². The van der Waals surface area contributed by atoms with Crippen molar-refractivity contribution in [2.75, 3.05) is 20.8 Å². The number of carbonyl (C=O) groups is 1. The molecule has 1 aliphatic heterocycles. The molecule has 1 amide bonds. The molecule has 1 aromatic carbocycles. The van der Waals surface area contributed by atoms with Gasteiger partial charge in [-0.1, -0.05) is 6.07 Å². The number of methoxy groups -OCH3 is 2. The quantitative estimate of drug-likeness (QED) is 0.809. The number of carbonyl (C=O) groups excluding carboxylic acids is 1. The molecule has 0 N–H and O–H groups in total. The third-order valence-corrected chi connectivity index (χ3v) is 4.72. The summed E-state index contributed by atoms with van der Waals surface area (Å²) in [5.74, 6) is 1.72. The minimum absolute atomic E-state index is 0.0715. The lowest BCUT2D eigenvalue weighted by Crippen LogP contribution is -2.30. The minimum Gasteiger partial charge on any atom is -0.497 e. The third kappa shape index (κ3) is 3.92. The number of rotatable bonds is 6. The van der Waals surface area contributed by atoms with E-state index in [9.17, 15) is 4.79 Å². The summed E-state index contributed by atoms with van der Waals surface area (Å²) >= 11 is 0. The molecular formula is C20H24N2O3. The van der Waals surface area contributed by atoms with Crippen molar-refractivity contribution in [2.24, 2.45) is 0 Å². The van der Waals surface area contributed by atoms with Crippen molar-refractivity contribution in [1.29, 1.82) is 0 Å². The molecule has 5 nitrogen and oxygen atoms in total. The predicted octanol–water partition coefficient (Wildman–Crippen LogP) is 3.40. The standard InChI is InChI=1S/C20H24N2O3/c1-24-16-8-9-17(19(13-16)25-2)18-6-4-12-22(18)20(23)10-7-15-5-3-11-21-14-15/h3,5,8-9,11,13-14,18H,4,6-7,10,12H2,1-2H3. The second-order valence-corrected chi connectivity index (χ2v) is 6.21. The summed E-state index contributed by atoms with van der Waals surface area (Å²) in [5, 5.41) is 0. The smallest absolute Gasteiger partial charge is 0.223 e. The van der Waals surface area contributed by atoms with Gasteiger partial charge in [0.15, 0.2) is 0 Å². The highest BCUT2D eigenvalue weighted by molar-refractivity contribution is 5.77. The van der Waals surface area contributed by atoms with Crippen LogP contribution >= 0.6 is 0 Å². The number of aryl methyl sites for hydroxylation is 1. The van der Waals surface area contributed by atoms with Crippen molar-refractivity contribution >= 4 is 5.91 Å². The van der Waals surface area contributed by atoms with E-state index in [1.54, 1.807) is 20.4 Å². The van der Waals surface area contributed by atoms with Gasteiger partial charge < -0.3 is 14.4 Å². The molecular weight excluding hydrogens is 316 g/mol. The van der Waals surface area contributed by atoms with Crippen LogP contribution in [0.5, 0.6) is 11.5 Å². The van der Waals surface area contributed by atoms with E-state index >= 15 is 0 Å².